The van der Waals surface area contributed by atoms with E-state index in [1.54, 1.807) is 7.11 Å². The zero-order valence-corrected chi connectivity index (χ0v) is 8.88. The van der Waals surface area contributed by atoms with Crippen LogP contribution in [0.25, 0.3) is 0 Å². The molecule has 78 valence electrons. The van der Waals surface area contributed by atoms with Crippen molar-refractivity contribution in [1.29, 1.82) is 0 Å². The molecule has 0 aromatic heterocycles. The fourth-order valence-corrected chi connectivity index (χ4v) is 1.45. The maximum atomic E-state index is 6.04. The van der Waals surface area contributed by atoms with E-state index in [9.17, 15) is 0 Å². The quantitative estimate of drug-likeness (QED) is 0.764. The van der Waals surface area contributed by atoms with Crippen LogP contribution in [-0.4, -0.2) is 13.7 Å². The van der Waals surface area contributed by atoms with Crippen molar-refractivity contribution < 1.29 is 9.57 Å². The molecule has 0 saturated heterocycles. The molecule has 3 nitrogen and oxygen atoms in total. The molecule has 0 spiro atoms. The van der Waals surface area contributed by atoms with E-state index in [0.29, 0.717) is 13.2 Å². The van der Waals surface area contributed by atoms with Gasteiger partial charge in [0.2, 0.25) is 0 Å². The van der Waals surface area contributed by atoms with Crippen LogP contribution in [0.2, 0.25) is 5.02 Å². The molecule has 0 heterocycles. The number of benzene rings is 1. The molecule has 0 atom stereocenters. The van der Waals surface area contributed by atoms with Crippen LogP contribution in [0.4, 0.5) is 0 Å². The first kappa shape index (κ1) is 11.5. The number of halogens is 1. The van der Waals surface area contributed by atoms with Crippen LogP contribution < -0.4 is 5.90 Å². The Hall–Kier alpha value is -0.610. The monoisotopic (exact) mass is 215 g/mol. The topological polar surface area (TPSA) is 44.5 Å². The number of ether oxygens (including phenoxy) is 1. The maximum absolute atomic E-state index is 6.04. The summed E-state index contributed by atoms with van der Waals surface area (Å²) in [6.45, 7) is 1.03. The van der Waals surface area contributed by atoms with Crippen molar-refractivity contribution in [2.45, 2.75) is 13.0 Å². The van der Waals surface area contributed by atoms with Crippen molar-refractivity contribution in [1.82, 2.24) is 0 Å². The molecule has 0 aliphatic heterocycles. The minimum absolute atomic E-state index is 0.500. The van der Waals surface area contributed by atoms with Gasteiger partial charge in [-0.2, -0.15) is 0 Å². The average molecular weight is 216 g/mol. The summed E-state index contributed by atoms with van der Waals surface area (Å²) in [5.41, 5.74) is 2.10. The van der Waals surface area contributed by atoms with Crippen molar-refractivity contribution in [2.75, 3.05) is 13.7 Å². The highest BCUT2D eigenvalue weighted by atomic mass is 35.5. The minimum atomic E-state index is 0.500. The second-order valence-corrected chi connectivity index (χ2v) is 3.39. The Balaban J connectivity index is 2.68. The summed E-state index contributed by atoms with van der Waals surface area (Å²) >= 11 is 6.04. The lowest BCUT2D eigenvalue weighted by molar-refractivity contribution is 0.141. The van der Waals surface area contributed by atoms with Gasteiger partial charge in [0, 0.05) is 12.1 Å². The fourth-order valence-electron chi connectivity index (χ4n) is 1.20. The van der Waals surface area contributed by atoms with Crippen LogP contribution in [0.3, 0.4) is 0 Å². The summed E-state index contributed by atoms with van der Waals surface area (Å²) in [6.07, 6.45) is 0.767. The van der Waals surface area contributed by atoms with Gasteiger partial charge >= 0.3 is 0 Å². The lowest BCUT2D eigenvalue weighted by atomic mass is 10.1. The zero-order chi connectivity index (χ0) is 10.4. The Labute approximate surface area is 88.7 Å². The van der Waals surface area contributed by atoms with Gasteiger partial charge in [0.25, 0.3) is 0 Å². The fraction of sp³-hybridized carbons (Fsp3) is 0.400. The summed E-state index contributed by atoms with van der Waals surface area (Å²) in [6, 6.07) is 5.87. The van der Waals surface area contributed by atoms with Gasteiger partial charge in [0.05, 0.1) is 13.2 Å². The van der Waals surface area contributed by atoms with Gasteiger partial charge in [-0.1, -0.05) is 23.7 Å². The highest BCUT2D eigenvalue weighted by Crippen LogP contribution is 2.18. The van der Waals surface area contributed by atoms with Gasteiger partial charge in [0.15, 0.2) is 0 Å². The standard InChI is InChI=1S/C10H14ClNO2/c1-13-7-9-3-2-8(4-5-14-12)6-10(9)11/h2-3,6H,4-5,7,12H2,1H3. The summed E-state index contributed by atoms with van der Waals surface area (Å²) in [5.74, 6) is 4.94. The van der Waals surface area contributed by atoms with E-state index < -0.39 is 0 Å². The molecule has 0 unspecified atom stereocenters. The van der Waals surface area contributed by atoms with E-state index in [0.717, 1.165) is 22.6 Å². The third-order valence-corrected chi connectivity index (χ3v) is 2.28. The lowest BCUT2D eigenvalue weighted by Gasteiger charge is -2.05. The Morgan fingerprint density at radius 1 is 1.43 bits per heavy atom. The molecule has 0 aliphatic rings. The normalized spacial score (nSPS) is 10.5. The zero-order valence-electron chi connectivity index (χ0n) is 8.13. The third-order valence-electron chi connectivity index (χ3n) is 1.93. The molecule has 14 heavy (non-hydrogen) atoms. The molecule has 0 saturated carbocycles. The van der Waals surface area contributed by atoms with Crippen LogP contribution in [0.5, 0.6) is 0 Å². The Kier molecular flexibility index (Phi) is 4.90. The van der Waals surface area contributed by atoms with Crippen molar-refractivity contribution in [3.63, 3.8) is 0 Å². The molecule has 4 heteroatoms. The molecule has 0 amide bonds. The molecule has 1 rings (SSSR count). The maximum Gasteiger partial charge on any atom is 0.0727 e. The van der Waals surface area contributed by atoms with Crippen molar-refractivity contribution >= 4 is 11.6 Å². The molecular weight excluding hydrogens is 202 g/mol. The highest BCUT2D eigenvalue weighted by molar-refractivity contribution is 6.31. The van der Waals surface area contributed by atoms with Gasteiger partial charge in [-0.3, -0.25) is 0 Å². The molecule has 0 radical (unpaired) electrons. The lowest BCUT2D eigenvalue weighted by Crippen LogP contribution is -2.03. The second-order valence-electron chi connectivity index (χ2n) is 2.98. The predicted octanol–water partition coefficient (Wildman–Crippen LogP) is 1.92. The van der Waals surface area contributed by atoms with Crippen LogP contribution in [-0.2, 0) is 22.6 Å². The first-order valence-corrected chi connectivity index (χ1v) is 4.73. The number of hydrogen-bond acceptors (Lipinski definition) is 3. The predicted molar refractivity (Wildman–Crippen MR) is 56.0 cm³/mol. The number of methoxy groups -OCH3 is 1. The molecule has 0 fully saturated rings. The van der Waals surface area contributed by atoms with Crippen molar-refractivity contribution in [3.05, 3.63) is 34.3 Å². The van der Waals surface area contributed by atoms with Gasteiger partial charge in [-0.05, 0) is 23.6 Å². The Morgan fingerprint density at radius 3 is 2.79 bits per heavy atom. The van der Waals surface area contributed by atoms with Crippen LogP contribution in [0, 0.1) is 0 Å². The molecule has 0 bridgehead atoms. The highest BCUT2D eigenvalue weighted by Gasteiger charge is 2.01. The largest absolute Gasteiger partial charge is 0.380 e. The van der Waals surface area contributed by atoms with Gasteiger partial charge in [-0.15, -0.1) is 0 Å². The first-order chi connectivity index (χ1) is 6.77. The molecule has 2 N–H and O–H groups in total. The molecular formula is C10H14ClNO2. The van der Waals surface area contributed by atoms with E-state index in [1.165, 1.54) is 0 Å². The van der Waals surface area contributed by atoms with Crippen LogP contribution >= 0.6 is 11.6 Å². The average Bonchev–Trinajstić information content (AvgIpc) is 2.19. The summed E-state index contributed by atoms with van der Waals surface area (Å²) in [5, 5.41) is 0.723. The second kappa shape index (κ2) is 5.98. The van der Waals surface area contributed by atoms with Crippen LogP contribution in [0.15, 0.2) is 18.2 Å². The minimum Gasteiger partial charge on any atom is -0.380 e. The van der Waals surface area contributed by atoms with Crippen molar-refractivity contribution in [3.8, 4) is 0 Å². The van der Waals surface area contributed by atoms with E-state index in [1.807, 2.05) is 18.2 Å². The van der Waals surface area contributed by atoms with E-state index in [4.69, 9.17) is 22.2 Å². The van der Waals surface area contributed by atoms with E-state index in [2.05, 4.69) is 4.84 Å². The summed E-state index contributed by atoms with van der Waals surface area (Å²) in [4.78, 5) is 4.50. The Morgan fingerprint density at radius 2 is 2.21 bits per heavy atom. The smallest absolute Gasteiger partial charge is 0.0727 e. The molecule has 1 aromatic carbocycles. The SMILES string of the molecule is COCc1ccc(CCON)cc1Cl. The number of hydrogen-bond donors (Lipinski definition) is 1. The van der Waals surface area contributed by atoms with E-state index >= 15 is 0 Å². The van der Waals surface area contributed by atoms with Gasteiger partial charge < -0.3 is 9.57 Å². The third kappa shape index (κ3) is 3.27. The summed E-state index contributed by atoms with van der Waals surface area (Å²) in [7, 11) is 1.65. The van der Waals surface area contributed by atoms with Crippen LogP contribution in [0.1, 0.15) is 11.1 Å². The summed E-state index contributed by atoms with van der Waals surface area (Å²) < 4.78 is 5.00. The number of rotatable bonds is 5. The first-order valence-electron chi connectivity index (χ1n) is 4.36. The van der Waals surface area contributed by atoms with E-state index in [-0.39, 0.29) is 0 Å². The van der Waals surface area contributed by atoms with Crippen molar-refractivity contribution in [2.24, 2.45) is 5.90 Å². The number of nitrogens with two attached hydrogens (primary N) is 1. The Bertz CT molecular complexity index is 291. The van der Waals surface area contributed by atoms with Gasteiger partial charge in [-0.25, -0.2) is 5.90 Å². The molecule has 0 aliphatic carbocycles. The molecule has 1 aromatic rings. The van der Waals surface area contributed by atoms with Gasteiger partial charge in [0.1, 0.15) is 0 Å².